The Balaban J connectivity index is 1.72. The van der Waals surface area contributed by atoms with Crippen molar-refractivity contribution >= 4 is 11.8 Å². The highest BCUT2D eigenvalue weighted by Gasteiger charge is 2.50. The van der Waals surface area contributed by atoms with Gasteiger partial charge in [-0.3, -0.25) is 9.59 Å². The van der Waals surface area contributed by atoms with Gasteiger partial charge < -0.3 is 19.5 Å². The van der Waals surface area contributed by atoms with Crippen LogP contribution in [-0.4, -0.2) is 48.1 Å². The first-order chi connectivity index (χ1) is 12.5. The van der Waals surface area contributed by atoms with Crippen LogP contribution < -0.4 is 5.32 Å². The number of hydrogen-bond donors (Lipinski definition) is 1. The Bertz CT molecular complexity index is 672. The summed E-state index contributed by atoms with van der Waals surface area (Å²) in [5.41, 5.74) is 0.975. The Morgan fingerprint density at radius 2 is 2.27 bits per heavy atom. The van der Waals surface area contributed by atoms with Gasteiger partial charge in [0.15, 0.2) is 5.69 Å². The van der Waals surface area contributed by atoms with Crippen LogP contribution in [0.1, 0.15) is 67.3 Å². The van der Waals surface area contributed by atoms with E-state index in [4.69, 9.17) is 9.26 Å². The molecule has 144 valence electrons. The van der Waals surface area contributed by atoms with E-state index in [-0.39, 0.29) is 23.3 Å². The van der Waals surface area contributed by atoms with Crippen molar-refractivity contribution in [3.8, 4) is 0 Å². The number of likely N-dealkylation sites (tertiary alicyclic amines) is 1. The van der Waals surface area contributed by atoms with Gasteiger partial charge in [-0.25, -0.2) is 0 Å². The molecule has 0 bridgehead atoms. The molecule has 1 aliphatic heterocycles. The molecule has 2 aliphatic rings. The first-order valence-corrected chi connectivity index (χ1v) is 9.54. The summed E-state index contributed by atoms with van der Waals surface area (Å²) >= 11 is 0. The molecule has 2 atom stereocenters. The smallest absolute Gasteiger partial charge is 0.273 e. The fraction of sp³-hybridized carbons (Fsp3) is 0.737. The summed E-state index contributed by atoms with van der Waals surface area (Å²) in [5, 5.41) is 6.97. The normalized spacial score (nSPS) is 25.4. The first-order valence-electron chi connectivity index (χ1n) is 9.54. The predicted molar refractivity (Wildman–Crippen MR) is 95.6 cm³/mol. The Kier molecular flexibility index (Phi) is 5.65. The van der Waals surface area contributed by atoms with Crippen molar-refractivity contribution in [2.24, 2.45) is 5.41 Å². The fourth-order valence-corrected chi connectivity index (χ4v) is 4.61. The third-order valence-electron chi connectivity index (χ3n) is 5.95. The van der Waals surface area contributed by atoms with Crippen LogP contribution in [0.2, 0.25) is 0 Å². The molecule has 1 aromatic heterocycles. The molecule has 1 aromatic rings. The van der Waals surface area contributed by atoms with Gasteiger partial charge in [0, 0.05) is 38.1 Å². The zero-order valence-corrected chi connectivity index (χ0v) is 16.0. The van der Waals surface area contributed by atoms with E-state index >= 15 is 0 Å². The fourth-order valence-electron chi connectivity index (χ4n) is 4.61. The number of nitrogens with zero attached hydrogens (tertiary/aromatic N) is 2. The molecule has 26 heavy (non-hydrogen) atoms. The van der Waals surface area contributed by atoms with Gasteiger partial charge in [0.2, 0.25) is 5.91 Å². The minimum Gasteiger partial charge on any atom is -0.380 e. The number of amides is 2. The van der Waals surface area contributed by atoms with Gasteiger partial charge >= 0.3 is 0 Å². The number of nitrogens with one attached hydrogen (secondary N) is 1. The molecule has 1 saturated heterocycles. The predicted octanol–water partition coefficient (Wildman–Crippen LogP) is 2.43. The molecule has 0 radical (unpaired) electrons. The lowest BCUT2D eigenvalue weighted by atomic mass is 9.74. The van der Waals surface area contributed by atoms with Crippen molar-refractivity contribution in [2.45, 2.75) is 65.0 Å². The summed E-state index contributed by atoms with van der Waals surface area (Å²) in [6.45, 7) is 5.55. The van der Waals surface area contributed by atoms with Gasteiger partial charge in [-0.05, 0) is 32.6 Å². The molecule has 2 heterocycles. The lowest BCUT2D eigenvalue weighted by Crippen LogP contribution is -2.56. The second-order valence-electron chi connectivity index (χ2n) is 7.54. The highest BCUT2D eigenvalue weighted by atomic mass is 16.5. The van der Waals surface area contributed by atoms with Crippen molar-refractivity contribution in [1.82, 2.24) is 15.4 Å². The van der Waals surface area contributed by atoms with Crippen LogP contribution >= 0.6 is 0 Å². The van der Waals surface area contributed by atoms with E-state index in [0.29, 0.717) is 36.6 Å². The highest BCUT2D eigenvalue weighted by molar-refractivity contribution is 5.93. The number of ether oxygens (including phenoxy) is 1. The molecule has 0 unspecified atom stereocenters. The average molecular weight is 363 g/mol. The van der Waals surface area contributed by atoms with Crippen LogP contribution in [0, 0.1) is 12.3 Å². The van der Waals surface area contributed by atoms with Crippen LogP contribution in [0.25, 0.3) is 0 Å². The number of fused-ring (bicyclic) bond motifs is 1. The molecular formula is C19H29N3O4. The third kappa shape index (κ3) is 3.37. The number of methoxy groups -OCH3 is 1. The summed E-state index contributed by atoms with van der Waals surface area (Å²) < 4.78 is 10.3. The number of hydrogen-bond acceptors (Lipinski definition) is 5. The molecule has 0 spiro atoms. The zero-order valence-electron chi connectivity index (χ0n) is 16.0. The lowest BCUT2D eigenvalue weighted by molar-refractivity contribution is -0.141. The van der Waals surface area contributed by atoms with E-state index in [1.807, 2.05) is 0 Å². The SMILES string of the molecule is CCCN1C(=O)CC[C@]2(CNC(=O)c3noc(C)c3COC)CCC[C@@H]12. The van der Waals surface area contributed by atoms with Crippen molar-refractivity contribution < 1.29 is 18.8 Å². The topological polar surface area (TPSA) is 84.7 Å². The van der Waals surface area contributed by atoms with E-state index in [0.717, 1.165) is 38.6 Å². The summed E-state index contributed by atoms with van der Waals surface area (Å²) in [4.78, 5) is 27.1. The maximum absolute atomic E-state index is 12.7. The standard InChI is InChI=1S/C19H29N3O4/c1-4-10-22-15-6-5-8-19(15,9-7-16(22)23)12-20-18(24)17-14(11-25-3)13(2)26-21-17/h15H,4-12H2,1-3H3,(H,20,24)/t15-,19+/m1/s1. The van der Waals surface area contributed by atoms with E-state index in [1.54, 1.807) is 14.0 Å². The molecule has 7 heteroatoms. The molecule has 0 aromatic carbocycles. The maximum Gasteiger partial charge on any atom is 0.273 e. The molecule has 1 N–H and O–H groups in total. The van der Waals surface area contributed by atoms with Gasteiger partial charge in [-0.15, -0.1) is 0 Å². The summed E-state index contributed by atoms with van der Waals surface area (Å²) in [6.07, 6.45) is 5.56. The van der Waals surface area contributed by atoms with E-state index in [9.17, 15) is 9.59 Å². The number of aromatic nitrogens is 1. The molecule has 2 amide bonds. The van der Waals surface area contributed by atoms with Crippen molar-refractivity contribution in [3.63, 3.8) is 0 Å². The Morgan fingerprint density at radius 1 is 1.46 bits per heavy atom. The number of carbonyl (C=O) groups excluding carboxylic acids is 2. The number of aryl methyl sites for hydroxylation is 1. The highest BCUT2D eigenvalue weighted by Crippen LogP contribution is 2.47. The molecule has 2 fully saturated rings. The largest absolute Gasteiger partial charge is 0.380 e. The Hall–Kier alpha value is -1.89. The van der Waals surface area contributed by atoms with Gasteiger partial charge in [0.1, 0.15) is 5.76 Å². The minimum absolute atomic E-state index is 0.0149. The van der Waals surface area contributed by atoms with Gasteiger partial charge in [-0.1, -0.05) is 18.5 Å². The van der Waals surface area contributed by atoms with E-state index in [2.05, 4.69) is 22.3 Å². The third-order valence-corrected chi connectivity index (χ3v) is 5.95. The summed E-state index contributed by atoms with van der Waals surface area (Å²) in [6, 6.07) is 0.237. The van der Waals surface area contributed by atoms with Gasteiger partial charge in [-0.2, -0.15) is 0 Å². The van der Waals surface area contributed by atoms with Crippen LogP contribution in [0.5, 0.6) is 0 Å². The Labute approximate surface area is 154 Å². The van der Waals surface area contributed by atoms with Gasteiger partial charge in [0.05, 0.1) is 12.2 Å². The quantitative estimate of drug-likeness (QED) is 0.804. The van der Waals surface area contributed by atoms with Crippen LogP contribution in [-0.2, 0) is 16.1 Å². The van der Waals surface area contributed by atoms with Gasteiger partial charge in [0.25, 0.3) is 5.91 Å². The lowest BCUT2D eigenvalue weighted by Gasteiger charge is -2.46. The summed E-state index contributed by atoms with van der Waals surface area (Å²) in [7, 11) is 1.58. The molecule has 1 saturated carbocycles. The second kappa shape index (κ2) is 7.78. The van der Waals surface area contributed by atoms with Crippen LogP contribution in [0.15, 0.2) is 4.52 Å². The van der Waals surface area contributed by atoms with E-state index < -0.39 is 0 Å². The van der Waals surface area contributed by atoms with Crippen LogP contribution in [0.3, 0.4) is 0 Å². The second-order valence-corrected chi connectivity index (χ2v) is 7.54. The number of rotatable bonds is 7. The molecule has 7 nitrogen and oxygen atoms in total. The van der Waals surface area contributed by atoms with Crippen LogP contribution in [0.4, 0.5) is 0 Å². The first kappa shape index (κ1) is 18.9. The monoisotopic (exact) mass is 363 g/mol. The number of carbonyl (C=O) groups is 2. The molecule has 3 rings (SSSR count). The summed E-state index contributed by atoms with van der Waals surface area (Å²) in [5.74, 6) is 0.634. The average Bonchev–Trinajstić information content (AvgIpc) is 3.21. The number of piperidine rings is 1. The van der Waals surface area contributed by atoms with Crippen molar-refractivity contribution in [1.29, 1.82) is 0 Å². The Morgan fingerprint density at radius 3 is 3.00 bits per heavy atom. The molecule has 1 aliphatic carbocycles. The zero-order chi connectivity index (χ0) is 18.7. The van der Waals surface area contributed by atoms with Crippen molar-refractivity contribution in [3.05, 3.63) is 17.0 Å². The van der Waals surface area contributed by atoms with E-state index in [1.165, 1.54) is 0 Å². The maximum atomic E-state index is 12.7. The minimum atomic E-state index is -0.229. The van der Waals surface area contributed by atoms with Crippen molar-refractivity contribution in [2.75, 3.05) is 20.2 Å². The molecular weight excluding hydrogens is 334 g/mol.